The normalized spacial score (nSPS) is 31.1. The summed E-state index contributed by atoms with van der Waals surface area (Å²) in [5.74, 6) is -0.282. The molecule has 0 N–H and O–H groups in total. The van der Waals surface area contributed by atoms with Gasteiger partial charge in [-0.3, -0.25) is 9.69 Å². The van der Waals surface area contributed by atoms with Crippen LogP contribution in [0.15, 0.2) is 12.2 Å². The van der Waals surface area contributed by atoms with E-state index < -0.39 is 6.43 Å². The number of hydrogen-bond acceptors (Lipinski definition) is 2. The van der Waals surface area contributed by atoms with E-state index in [4.69, 9.17) is 0 Å². The number of likely N-dealkylation sites (tertiary alicyclic amines) is 2. The second-order valence-electron chi connectivity index (χ2n) is 4.09. The summed E-state index contributed by atoms with van der Waals surface area (Å²) in [7, 11) is 2.02. The Hall–Kier alpha value is -0.970. The summed E-state index contributed by atoms with van der Waals surface area (Å²) < 4.78 is 23.7. The molecule has 2 saturated heterocycles. The van der Waals surface area contributed by atoms with Gasteiger partial charge in [-0.1, -0.05) is 0 Å². The standard InChI is InChI=1S/C10H14F2N2O/c1-13-6-8-7(13)4-5-14(8)10(15)3-2-9(11)12/h2-3,7-9H,4-6H2,1H3/b3-2+. The number of nitrogens with zero attached hydrogens (tertiary/aromatic N) is 2. The molecule has 2 rings (SSSR count). The molecular weight excluding hydrogens is 202 g/mol. The van der Waals surface area contributed by atoms with Crippen LogP contribution in [0, 0.1) is 0 Å². The highest BCUT2D eigenvalue weighted by Crippen LogP contribution is 2.30. The van der Waals surface area contributed by atoms with Gasteiger partial charge in [-0.05, 0) is 19.5 Å². The van der Waals surface area contributed by atoms with E-state index >= 15 is 0 Å². The fraction of sp³-hybridized carbons (Fsp3) is 0.700. The van der Waals surface area contributed by atoms with E-state index in [1.165, 1.54) is 0 Å². The molecule has 5 heteroatoms. The summed E-state index contributed by atoms with van der Waals surface area (Å²) in [4.78, 5) is 15.4. The first kappa shape index (κ1) is 10.5. The fourth-order valence-electron chi connectivity index (χ4n) is 2.39. The predicted octanol–water partition coefficient (Wildman–Crippen LogP) is 0.723. The molecule has 15 heavy (non-hydrogen) atoms. The molecule has 0 aliphatic carbocycles. The Morgan fingerprint density at radius 1 is 1.47 bits per heavy atom. The molecule has 2 aliphatic heterocycles. The van der Waals surface area contributed by atoms with Crippen LogP contribution >= 0.6 is 0 Å². The molecule has 2 aliphatic rings. The molecule has 3 nitrogen and oxygen atoms in total. The number of halogens is 2. The predicted molar refractivity (Wildman–Crippen MR) is 51.7 cm³/mol. The van der Waals surface area contributed by atoms with E-state index in [1.807, 2.05) is 7.05 Å². The number of rotatable bonds is 2. The smallest absolute Gasteiger partial charge is 0.257 e. The van der Waals surface area contributed by atoms with Crippen molar-refractivity contribution in [1.29, 1.82) is 0 Å². The first-order valence-corrected chi connectivity index (χ1v) is 5.07. The fourth-order valence-corrected chi connectivity index (χ4v) is 2.39. The van der Waals surface area contributed by atoms with Gasteiger partial charge < -0.3 is 4.90 Å². The second kappa shape index (κ2) is 3.89. The van der Waals surface area contributed by atoms with E-state index in [9.17, 15) is 13.6 Å². The molecular formula is C10H14F2N2O. The van der Waals surface area contributed by atoms with Gasteiger partial charge in [0, 0.05) is 25.2 Å². The van der Waals surface area contributed by atoms with Gasteiger partial charge in [-0.25, -0.2) is 8.78 Å². The monoisotopic (exact) mass is 216 g/mol. The van der Waals surface area contributed by atoms with Crippen LogP contribution in [0.25, 0.3) is 0 Å². The van der Waals surface area contributed by atoms with Crippen molar-refractivity contribution in [2.24, 2.45) is 0 Å². The second-order valence-corrected chi connectivity index (χ2v) is 4.09. The largest absolute Gasteiger partial charge is 0.333 e. The van der Waals surface area contributed by atoms with Crippen LogP contribution in [0.2, 0.25) is 0 Å². The van der Waals surface area contributed by atoms with Gasteiger partial charge in [-0.15, -0.1) is 0 Å². The molecule has 1 amide bonds. The van der Waals surface area contributed by atoms with Gasteiger partial charge in [0.2, 0.25) is 5.91 Å². The van der Waals surface area contributed by atoms with Crippen LogP contribution in [0.1, 0.15) is 6.42 Å². The molecule has 84 valence electrons. The van der Waals surface area contributed by atoms with Gasteiger partial charge in [0.15, 0.2) is 0 Å². The van der Waals surface area contributed by atoms with Crippen molar-refractivity contribution in [1.82, 2.24) is 9.80 Å². The summed E-state index contributed by atoms with van der Waals surface area (Å²) in [5, 5.41) is 0. The Morgan fingerprint density at radius 3 is 2.73 bits per heavy atom. The highest BCUT2D eigenvalue weighted by Gasteiger charge is 2.46. The van der Waals surface area contributed by atoms with Gasteiger partial charge in [0.05, 0.1) is 6.04 Å². The lowest BCUT2D eigenvalue weighted by molar-refractivity contribution is -0.129. The zero-order valence-corrected chi connectivity index (χ0v) is 8.57. The highest BCUT2D eigenvalue weighted by molar-refractivity contribution is 5.88. The average Bonchev–Trinajstić information content (AvgIpc) is 2.51. The quantitative estimate of drug-likeness (QED) is 0.635. The third-order valence-corrected chi connectivity index (χ3v) is 3.22. The topological polar surface area (TPSA) is 23.6 Å². The number of alkyl halides is 2. The van der Waals surface area contributed by atoms with Crippen molar-refractivity contribution in [3.8, 4) is 0 Å². The lowest BCUT2D eigenvalue weighted by Crippen LogP contribution is -2.60. The van der Waals surface area contributed by atoms with E-state index in [0.717, 1.165) is 19.0 Å². The molecule has 0 bridgehead atoms. The third kappa shape index (κ3) is 1.88. The van der Waals surface area contributed by atoms with Crippen LogP contribution in [0.3, 0.4) is 0 Å². The lowest BCUT2D eigenvalue weighted by Gasteiger charge is -2.44. The van der Waals surface area contributed by atoms with E-state index in [0.29, 0.717) is 18.7 Å². The van der Waals surface area contributed by atoms with Gasteiger partial charge >= 0.3 is 0 Å². The molecule has 0 aromatic heterocycles. The van der Waals surface area contributed by atoms with Crippen LogP contribution in [-0.2, 0) is 4.79 Å². The van der Waals surface area contributed by atoms with Crippen molar-refractivity contribution in [2.45, 2.75) is 24.9 Å². The molecule has 0 spiro atoms. The zero-order chi connectivity index (χ0) is 11.0. The molecule has 2 fully saturated rings. The van der Waals surface area contributed by atoms with Crippen LogP contribution in [0.4, 0.5) is 8.78 Å². The average molecular weight is 216 g/mol. The zero-order valence-electron chi connectivity index (χ0n) is 8.57. The Balaban J connectivity index is 1.93. The molecule has 0 saturated carbocycles. The van der Waals surface area contributed by atoms with Crippen molar-refractivity contribution >= 4 is 5.91 Å². The van der Waals surface area contributed by atoms with Crippen molar-refractivity contribution in [3.05, 3.63) is 12.2 Å². The summed E-state index contributed by atoms with van der Waals surface area (Å²) >= 11 is 0. The van der Waals surface area contributed by atoms with Crippen LogP contribution in [-0.4, -0.2) is 54.4 Å². The molecule has 0 radical (unpaired) electrons. The summed E-state index contributed by atoms with van der Waals surface area (Å²) in [6.45, 7) is 1.55. The number of likely N-dealkylation sites (N-methyl/N-ethyl adjacent to an activating group) is 1. The highest BCUT2D eigenvalue weighted by atomic mass is 19.3. The Labute approximate surface area is 87.3 Å². The van der Waals surface area contributed by atoms with Gasteiger partial charge in [0.1, 0.15) is 0 Å². The number of allylic oxidation sites excluding steroid dienone is 1. The van der Waals surface area contributed by atoms with Gasteiger partial charge in [0.25, 0.3) is 6.43 Å². The maximum absolute atomic E-state index is 11.9. The number of amides is 1. The number of hydrogen-bond donors (Lipinski definition) is 0. The minimum absolute atomic E-state index is 0.241. The minimum atomic E-state index is -2.54. The first-order chi connectivity index (χ1) is 7.09. The summed E-state index contributed by atoms with van der Waals surface area (Å²) in [6, 6.07) is 0.679. The minimum Gasteiger partial charge on any atom is -0.333 e. The van der Waals surface area contributed by atoms with E-state index in [-0.39, 0.29) is 11.9 Å². The Kier molecular flexibility index (Phi) is 2.73. The van der Waals surface area contributed by atoms with Crippen molar-refractivity contribution < 1.29 is 13.6 Å². The number of carbonyl (C=O) groups excluding carboxylic acids is 1. The van der Waals surface area contributed by atoms with Gasteiger partial charge in [-0.2, -0.15) is 0 Å². The van der Waals surface area contributed by atoms with Crippen molar-refractivity contribution in [3.63, 3.8) is 0 Å². The van der Waals surface area contributed by atoms with E-state index in [1.54, 1.807) is 4.90 Å². The number of carbonyl (C=O) groups is 1. The molecule has 0 aromatic rings. The molecule has 2 atom stereocenters. The first-order valence-electron chi connectivity index (χ1n) is 5.07. The molecule has 2 heterocycles. The lowest BCUT2D eigenvalue weighted by atomic mass is 9.98. The summed E-state index contributed by atoms with van der Waals surface area (Å²) in [5.41, 5.74) is 0. The van der Waals surface area contributed by atoms with E-state index in [2.05, 4.69) is 4.90 Å². The maximum Gasteiger partial charge on any atom is 0.257 e. The van der Waals surface area contributed by atoms with Crippen LogP contribution in [0.5, 0.6) is 0 Å². The van der Waals surface area contributed by atoms with Crippen LogP contribution < -0.4 is 0 Å². The number of fused-ring (bicyclic) bond motifs is 1. The maximum atomic E-state index is 11.9. The van der Waals surface area contributed by atoms with Crippen molar-refractivity contribution in [2.75, 3.05) is 20.1 Å². The Bertz CT molecular complexity index is 293. The Morgan fingerprint density at radius 2 is 2.20 bits per heavy atom. The molecule has 0 aromatic carbocycles. The summed E-state index contributed by atoms with van der Waals surface area (Å²) in [6.07, 6.45) is 0.0511. The third-order valence-electron chi connectivity index (χ3n) is 3.22. The molecule has 2 unspecified atom stereocenters. The SMILES string of the molecule is CN1CC2C1CCN2C(=O)/C=C/C(F)F.